The van der Waals surface area contributed by atoms with Crippen LogP contribution < -0.4 is 5.32 Å². The van der Waals surface area contributed by atoms with E-state index in [0.29, 0.717) is 12.2 Å². The summed E-state index contributed by atoms with van der Waals surface area (Å²) < 4.78 is 1.57. The van der Waals surface area contributed by atoms with Crippen LogP contribution in [0.2, 0.25) is 0 Å². The molecule has 1 amide bonds. The van der Waals surface area contributed by atoms with E-state index in [9.17, 15) is 9.90 Å². The molecular weight excluding hydrogens is 242 g/mol. The number of benzene rings is 1. The molecule has 2 aromatic rings. The van der Waals surface area contributed by atoms with Crippen molar-refractivity contribution >= 4 is 5.91 Å². The van der Waals surface area contributed by atoms with Crippen LogP contribution in [0.4, 0.5) is 0 Å². The highest BCUT2D eigenvalue weighted by Crippen LogP contribution is 2.09. The summed E-state index contributed by atoms with van der Waals surface area (Å²) in [6, 6.07) is 8.73. The van der Waals surface area contributed by atoms with Crippen LogP contribution in [-0.2, 0) is 13.5 Å². The quantitative estimate of drug-likeness (QED) is 0.872. The van der Waals surface area contributed by atoms with Gasteiger partial charge in [0.2, 0.25) is 0 Å². The van der Waals surface area contributed by atoms with Crippen LogP contribution in [0.5, 0.6) is 5.75 Å². The van der Waals surface area contributed by atoms with Crippen molar-refractivity contribution in [3.8, 4) is 5.75 Å². The molecule has 0 aliphatic heterocycles. The SMILES string of the molecule is Cc1cc(C(=O)NCCc2ccc(O)cc2)n(C)n1. The topological polar surface area (TPSA) is 67.2 Å². The molecule has 1 heterocycles. The summed E-state index contributed by atoms with van der Waals surface area (Å²) in [5.74, 6) is 0.125. The second kappa shape index (κ2) is 5.56. The molecule has 5 nitrogen and oxygen atoms in total. The summed E-state index contributed by atoms with van der Waals surface area (Å²) in [5.41, 5.74) is 2.45. The Balaban J connectivity index is 1.87. The number of rotatable bonds is 4. The number of aryl methyl sites for hydroxylation is 2. The first-order valence-corrected chi connectivity index (χ1v) is 6.13. The lowest BCUT2D eigenvalue weighted by molar-refractivity contribution is 0.0944. The third-order valence-electron chi connectivity index (χ3n) is 2.87. The fourth-order valence-corrected chi connectivity index (χ4v) is 1.90. The largest absolute Gasteiger partial charge is 0.508 e. The number of hydrogen-bond donors (Lipinski definition) is 2. The lowest BCUT2D eigenvalue weighted by Gasteiger charge is -2.05. The van der Waals surface area contributed by atoms with E-state index in [-0.39, 0.29) is 11.7 Å². The molecule has 0 atom stereocenters. The molecule has 0 bridgehead atoms. The molecule has 0 fully saturated rings. The number of aromatic hydroxyl groups is 1. The molecular formula is C14H17N3O2. The number of hydrogen-bond acceptors (Lipinski definition) is 3. The first-order valence-electron chi connectivity index (χ1n) is 6.13. The third kappa shape index (κ3) is 3.34. The van der Waals surface area contributed by atoms with E-state index >= 15 is 0 Å². The van der Waals surface area contributed by atoms with E-state index in [1.165, 1.54) is 0 Å². The summed E-state index contributed by atoms with van der Waals surface area (Å²) >= 11 is 0. The standard InChI is InChI=1S/C14H17N3O2/c1-10-9-13(17(2)16-10)14(19)15-8-7-11-3-5-12(18)6-4-11/h3-6,9,18H,7-8H2,1-2H3,(H,15,19). The maximum absolute atomic E-state index is 11.9. The van der Waals surface area contributed by atoms with Crippen LogP contribution in [-0.4, -0.2) is 27.3 Å². The maximum Gasteiger partial charge on any atom is 0.269 e. The Morgan fingerprint density at radius 3 is 2.63 bits per heavy atom. The van der Waals surface area contributed by atoms with Gasteiger partial charge in [-0.2, -0.15) is 5.10 Å². The summed E-state index contributed by atoms with van der Waals surface area (Å²) in [4.78, 5) is 11.9. The summed E-state index contributed by atoms with van der Waals surface area (Å²) in [5, 5.41) is 16.2. The van der Waals surface area contributed by atoms with Crippen molar-refractivity contribution in [3.05, 3.63) is 47.3 Å². The Morgan fingerprint density at radius 2 is 2.05 bits per heavy atom. The second-order valence-electron chi connectivity index (χ2n) is 4.47. The molecule has 0 radical (unpaired) electrons. The monoisotopic (exact) mass is 259 g/mol. The molecule has 0 saturated heterocycles. The van der Waals surface area contributed by atoms with E-state index < -0.39 is 0 Å². The predicted molar refractivity (Wildman–Crippen MR) is 72.1 cm³/mol. The van der Waals surface area contributed by atoms with Gasteiger partial charge in [0.25, 0.3) is 5.91 Å². The minimum absolute atomic E-state index is 0.123. The molecule has 19 heavy (non-hydrogen) atoms. The lowest BCUT2D eigenvalue weighted by atomic mass is 10.1. The molecule has 0 aliphatic carbocycles. The Labute approximate surface area is 111 Å². The van der Waals surface area contributed by atoms with Gasteiger partial charge in [-0.25, -0.2) is 0 Å². The molecule has 0 unspecified atom stereocenters. The summed E-state index contributed by atoms with van der Waals surface area (Å²) in [6.45, 7) is 2.40. The van der Waals surface area contributed by atoms with E-state index in [1.54, 1.807) is 29.9 Å². The van der Waals surface area contributed by atoms with E-state index in [4.69, 9.17) is 0 Å². The zero-order valence-electron chi connectivity index (χ0n) is 11.1. The van der Waals surface area contributed by atoms with Gasteiger partial charge in [-0.1, -0.05) is 12.1 Å². The van der Waals surface area contributed by atoms with Crippen molar-refractivity contribution in [2.24, 2.45) is 7.05 Å². The summed E-state index contributed by atoms with van der Waals surface area (Å²) in [6.07, 6.45) is 0.725. The van der Waals surface area contributed by atoms with E-state index in [2.05, 4.69) is 10.4 Å². The van der Waals surface area contributed by atoms with E-state index in [1.807, 2.05) is 19.1 Å². The van der Waals surface area contributed by atoms with Crippen molar-refractivity contribution in [1.29, 1.82) is 0 Å². The molecule has 0 aliphatic rings. The molecule has 2 rings (SSSR count). The maximum atomic E-state index is 11.9. The number of carbonyl (C=O) groups excluding carboxylic acids is 1. The van der Waals surface area contributed by atoms with Gasteiger partial charge >= 0.3 is 0 Å². The average molecular weight is 259 g/mol. The van der Waals surface area contributed by atoms with Gasteiger partial charge in [0, 0.05) is 13.6 Å². The van der Waals surface area contributed by atoms with Gasteiger partial charge in [-0.05, 0) is 37.1 Å². The number of phenols is 1. The minimum atomic E-state index is -0.123. The highest BCUT2D eigenvalue weighted by atomic mass is 16.3. The van der Waals surface area contributed by atoms with Gasteiger partial charge in [0.15, 0.2) is 0 Å². The van der Waals surface area contributed by atoms with Gasteiger partial charge in [-0.15, -0.1) is 0 Å². The van der Waals surface area contributed by atoms with Crippen LogP contribution >= 0.6 is 0 Å². The normalized spacial score (nSPS) is 10.4. The fourth-order valence-electron chi connectivity index (χ4n) is 1.90. The number of carbonyl (C=O) groups is 1. The first-order chi connectivity index (χ1) is 9.06. The predicted octanol–water partition coefficient (Wildman–Crippen LogP) is 1.41. The minimum Gasteiger partial charge on any atom is -0.508 e. The molecule has 1 aromatic carbocycles. The smallest absolute Gasteiger partial charge is 0.269 e. The number of phenolic OH excluding ortho intramolecular Hbond substituents is 1. The Morgan fingerprint density at radius 1 is 1.37 bits per heavy atom. The highest BCUT2D eigenvalue weighted by molar-refractivity contribution is 5.92. The van der Waals surface area contributed by atoms with Crippen molar-refractivity contribution < 1.29 is 9.90 Å². The average Bonchev–Trinajstić information content (AvgIpc) is 2.71. The molecule has 0 spiro atoms. The van der Waals surface area contributed by atoms with Gasteiger partial charge in [0.05, 0.1) is 5.69 Å². The third-order valence-corrected chi connectivity index (χ3v) is 2.87. The number of amides is 1. The van der Waals surface area contributed by atoms with E-state index in [0.717, 1.165) is 17.7 Å². The van der Waals surface area contributed by atoms with Crippen molar-refractivity contribution in [1.82, 2.24) is 15.1 Å². The van der Waals surface area contributed by atoms with Crippen molar-refractivity contribution in [2.75, 3.05) is 6.54 Å². The highest BCUT2D eigenvalue weighted by Gasteiger charge is 2.10. The first kappa shape index (κ1) is 13.1. The number of nitrogens with one attached hydrogen (secondary N) is 1. The molecule has 2 N–H and O–H groups in total. The molecule has 0 saturated carbocycles. The van der Waals surface area contributed by atoms with Crippen molar-refractivity contribution in [3.63, 3.8) is 0 Å². The van der Waals surface area contributed by atoms with Crippen LogP contribution in [0, 0.1) is 6.92 Å². The zero-order chi connectivity index (χ0) is 13.8. The van der Waals surface area contributed by atoms with Gasteiger partial charge in [0.1, 0.15) is 11.4 Å². The van der Waals surface area contributed by atoms with Crippen molar-refractivity contribution in [2.45, 2.75) is 13.3 Å². The second-order valence-corrected chi connectivity index (χ2v) is 4.47. The number of nitrogens with zero attached hydrogens (tertiary/aromatic N) is 2. The Kier molecular flexibility index (Phi) is 3.85. The zero-order valence-corrected chi connectivity index (χ0v) is 11.1. The van der Waals surface area contributed by atoms with Crippen LogP contribution in [0.3, 0.4) is 0 Å². The van der Waals surface area contributed by atoms with Gasteiger partial charge < -0.3 is 10.4 Å². The van der Waals surface area contributed by atoms with Crippen LogP contribution in [0.25, 0.3) is 0 Å². The lowest BCUT2D eigenvalue weighted by Crippen LogP contribution is -2.27. The Bertz CT molecular complexity index is 573. The molecule has 100 valence electrons. The molecule has 5 heteroatoms. The number of aromatic nitrogens is 2. The van der Waals surface area contributed by atoms with Gasteiger partial charge in [-0.3, -0.25) is 9.48 Å². The Hall–Kier alpha value is -2.30. The molecule has 1 aromatic heterocycles. The summed E-state index contributed by atoms with van der Waals surface area (Å²) in [7, 11) is 1.75. The van der Waals surface area contributed by atoms with Crippen LogP contribution in [0.1, 0.15) is 21.7 Å². The van der Waals surface area contributed by atoms with Crippen LogP contribution in [0.15, 0.2) is 30.3 Å². The fraction of sp³-hybridized carbons (Fsp3) is 0.286.